The average molecular weight is 356 g/mol. The number of anilines is 1. The second-order valence-corrected chi connectivity index (χ2v) is 7.05. The Hall–Kier alpha value is -2.69. The number of benzene rings is 2. The summed E-state index contributed by atoms with van der Waals surface area (Å²) < 4.78 is 10.6. The minimum Gasteiger partial charge on any atom is -0.493 e. The fraction of sp³-hybridized carbons (Fsp3) is 0.381. The Morgan fingerprint density at radius 3 is 2.04 bits per heavy atom. The number of amides is 2. The second-order valence-electron chi connectivity index (χ2n) is 7.05. The van der Waals surface area contributed by atoms with Crippen molar-refractivity contribution >= 4 is 11.7 Å². The average Bonchev–Trinajstić information content (AvgIpc) is 2.57. The summed E-state index contributed by atoms with van der Waals surface area (Å²) in [6.07, 6.45) is 0. The molecule has 0 bridgehead atoms. The van der Waals surface area contributed by atoms with Gasteiger partial charge in [-0.15, -0.1) is 0 Å². The molecule has 140 valence electrons. The van der Waals surface area contributed by atoms with E-state index in [0.29, 0.717) is 11.5 Å². The van der Waals surface area contributed by atoms with Gasteiger partial charge in [0.2, 0.25) is 0 Å². The molecule has 0 saturated heterocycles. The Labute approximate surface area is 155 Å². The Balaban J connectivity index is 2.20. The largest absolute Gasteiger partial charge is 0.493 e. The highest BCUT2D eigenvalue weighted by Crippen LogP contribution is 2.32. The van der Waals surface area contributed by atoms with Crippen molar-refractivity contribution in [3.63, 3.8) is 0 Å². The van der Waals surface area contributed by atoms with Crippen molar-refractivity contribution in [2.75, 3.05) is 19.5 Å². The lowest BCUT2D eigenvalue weighted by Gasteiger charge is -2.28. The molecule has 26 heavy (non-hydrogen) atoms. The highest BCUT2D eigenvalue weighted by molar-refractivity contribution is 5.91. The second kappa shape index (κ2) is 7.68. The van der Waals surface area contributed by atoms with Crippen LogP contribution in [-0.4, -0.2) is 20.3 Å². The monoisotopic (exact) mass is 356 g/mol. The van der Waals surface area contributed by atoms with Crippen LogP contribution in [-0.2, 0) is 5.54 Å². The molecule has 0 fully saturated rings. The molecule has 2 N–H and O–H groups in total. The van der Waals surface area contributed by atoms with Gasteiger partial charge >= 0.3 is 6.03 Å². The Morgan fingerprint density at radius 2 is 1.50 bits per heavy atom. The lowest BCUT2D eigenvalue weighted by molar-refractivity contribution is 0.241. The molecule has 0 aliphatic rings. The van der Waals surface area contributed by atoms with Gasteiger partial charge in [0.05, 0.1) is 19.8 Å². The first-order valence-corrected chi connectivity index (χ1v) is 8.57. The molecule has 0 aromatic heterocycles. The standard InChI is InChI=1S/C21H28N2O3/c1-13-10-14(2)19(15(3)11-13)22-20(24)23-21(4,5)16-8-9-17(25-6)18(12-16)26-7/h8-12H,1-7H3,(H2,22,23,24). The van der Waals surface area contributed by atoms with Crippen LogP contribution in [0.25, 0.3) is 0 Å². The molecule has 2 rings (SSSR count). The number of hydrogen-bond donors (Lipinski definition) is 2. The van der Waals surface area contributed by atoms with Gasteiger partial charge in [0.15, 0.2) is 11.5 Å². The minimum atomic E-state index is -0.587. The molecule has 2 aromatic rings. The van der Waals surface area contributed by atoms with Crippen molar-refractivity contribution in [3.8, 4) is 11.5 Å². The number of hydrogen-bond acceptors (Lipinski definition) is 3. The van der Waals surface area contributed by atoms with E-state index < -0.39 is 5.54 Å². The van der Waals surface area contributed by atoms with E-state index in [9.17, 15) is 4.79 Å². The summed E-state index contributed by atoms with van der Waals surface area (Å²) in [4.78, 5) is 12.6. The van der Waals surface area contributed by atoms with E-state index in [2.05, 4.69) is 22.8 Å². The molecule has 0 unspecified atom stereocenters. The van der Waals surface area contributed by atoms with Crippen LogP contribution in [0, 0.1) is 20.8 Å². The van der Waals surface area contributed by atoms with Gasteiger partial charge < -0.3 is 20.1 Å². The first kappa shape index (κ1) is 19.6. The Kier molecular flexibility index (Phi) is 5.80. The first-order chi connectivity index (χ1) is 12.2. The third-order valence-electron chi connectivity index (χ3n) is 4.45. The first-order valence-electron chi connectivity index (χ1n) is 8.57. The van der Waals surface area contributed by atoms with Gasteiger partial charge in [0, 0.05) is 5.69 Å². The fourth-order valence-electron chi connectivity index (χ4n) is 3.10. The van der Waals surface area contributed by atoms with Crippen LogP contribution in [0.4, 0.5) is 10.5 Å². The van der Waals surface area contributed by atoms with Crippen molar-refractivity contribution in [1.82, 2.24) is 5.32 Å². The Morgan fingerprint density at radius 1 is 0.923 bits per heavy atom. The van der Waals surface area contributed by atoms with E-state index in [1.165, 1.54) is 5.56 Å². The van der Waals surface area contributed by atoms with Gasteiger partial charge in [-0.25, -0.2) is 4.79 Å². The minimum absolute atomic E-state index is 0.250. The van der Waals surface area contributed by atoms with Crippen LogP contribution in [0.3, 0.4) is 0 Å². The van der Waals surface area contributed by atoms with Crippen LogP contribution in [0.15, 0.2) is 30.3 Å². The van der Waals surface area contributed by atoms with Crippen LogP contribution in [0.5, 0.6) is 11.5 Å². The SMILES string of the molecule is COc1ccc(C(C)(C)NC(=O)Nc2c(C)cc(C)cc2C)cc1OC. The van der Waals surface area contributed by atoms with Crippen molar-refractivity contribution in [3.05, 3.63) is 52.6 Å². The van der Waals surface area contributed by atoms with Crippen molar-refractivity contribution in [2.45, 2.75) is 40.2 Å². The lowest BCUT2D eigenvalue weighted by atomic mass is 9.94. The molecule has 0 heterocycles. The molecule has 0 saturated carbocycles. The maximum atomic E-state index is 12.6. The lowest BCUT2D eigenvalue weighted by Crippen LogP contribution is -2.43. The highest BCUT2D eigenvalue weighted by Gasteiger charge is 2.25. The van der Waals surface area contributed by atoms with Crippen LogP contribution < -0.4 is 20.1 Å². The maximum Gasteiger partial charge on any atom is 0.319 e. The molecular weight excluding hydrogens is 328 g/mol. The van der Waals surface area contributed by atoms with Gasteiger partial charge in [0.25, 0.3) is 0 Å². The molecule has 0 aliphatic heterocycles. The number of methoxy groups -OCH3 is 2. The summed E-state index contributed by atoms with van der Waals surface area (Å²) in [5.74, 6) is 1.29. The molecule has 0 radical (unpaired) electrons. The number of aryl methyl sites for hydroxylation is 3. The van der Waals surface area contributed by atoms with E-state index >= 15 is 0 Å². The third-order valence-corrected chi connectivity index (χ3v) is 4.45. The molecule has 5 heteroatoms. The Bertz CT molecular complexity index is 790. The maximum absolute atomic E-state index is 12.6. The summed E-state index contributed by atoms with van der Waals surface area (Å²) in [6, 6.07) is 9.50. The predicted octanol–water partition coefficient (Wildman–Crippen LogP) is 4.69. The number of ether oxygens (including phenoxy) is 2. The van der Waals surface area contributed by atoms with Gasteiger partial charge in [-0.05, 0) is 63.4 Å². The van der Waals surface area contributed by atoms with E-state index in [-0.39, 0.29) is 6.03 Å². The van der Waals surface area contributed by atoms with Gasteiger partial charge in [0.1, 0.15) is 0 Å². The van der Waals surface area contributed by atoms with E-state index in [4.69, 9.17) is 9.47 Å². The van der Waals surface area contributed by atoms with E-state index in [1.54, 1.807) is 14.2 Å². The van der Waals surface area contributed by atoms with Crippen molar-refractivity contribution in [1.29, 1.82) is 0 Å². The zero-order valence-electron chi connectivity index (χ0n) is 16.6. The van der Waals surface area contributed by atoms with Crippen LogP contribution in [0.2, 0.25) is 0 Å². The molecule has 0 aliphatic carbocycles. The van der Waals surface area contributed by atoms with Crippen LogP contribution in [0.1, 0.15) is 36.1 Å². The topological polar surface area (TPSA) is 59.6 Å². The molecule has 0 atom stereocenters. The zero-order chi connectivity index (χ0) is 19.5. The number of carbonyl (C=O) groups excluding carboxylic acids is 1. The van der Waals surface area contributed by atoms with Gasteiger partial charge in [-0.2, -0.15) is 0 Å². The van der Waals surface area contributed by atoms with Gasteiger partial charge in [-0.1, -0.05) is 23.8 Å². The van der Waals surface area contributed by atoms with Crippen LogP contribution >= 0.6 is 0 Å². The molecule has 0 spiro atoms. The number of carbonyl (C=O) groups is 1. The summed E-state index contributed by atoms with van der Waals surface area (Å²) in [5, 5.41) is 6.01. The summed E-state index contributed by atoms with van der Waals surface area (Å²) in [5.41, 5.74) is 4.44. The third kappa shape index (κ3) is 4.28. The molecule has 5 nitrogen and oxygen atoms in total. The molecule has 2 aromatic carbocycles. The predicted molar refractivity (Wildman–Crippen MR) is 105 cm³/mol. The normalized spacial score (nSPS) is 11.0. The quantitative estimate of drug-likeness (QED) is 0.817. The van der Waals surface area contributed by atoms with Gasteiger partial charge in [-0.3, -0.25) is 0 Å². The molecule has 2 amide bonds. The van der Waals surface area contributed by atoms with Crippen molar-refractivity contribution < 1.29 is 14.3 Å². The van der Waals surface area contributed by atoms with E-state index in [1.807, 2.05) is 52.8 Å². The number of urea groups is 1. The number of nitrogens with one attached hydrogen (secondary N) is 2. The number of rotatable bonds is 5. The summed E-state index contributed by atoms with van der Waals surface area (Å²) in [7, 11) is 3.19. The van der Waals surface area contributed by atoms with Crippen molar-refractivity contribution in [2.24, 2.45) is 0 Å². The summed E-state index contributed by atoms with van der Waals surface area (Å²) in [6.45, 7) is 9.93. The highest BCUT2D eigenvalue weighted by atomic mass is 16.5. The smallest absolute Gasteiger partial charge is 0.319 e. The van der Waals surface area contributed by atoms with E-state index in [0.717, 1.165) is 22.4 Å². The molecular formula is C21H28N2O3. The summed E-state index contributed by atoms with van der Waals surface area (Å²) >= 11 is 0. The fourth-order valence-corrected chi connectivity index (χ4v) is 3.10. The zero-order valence-corrected chi connectivity index (χ0v) is 16.6.